The van der Waals surface area contributed by atoms with Crippen molar-refractivity contribution < 1.29 is 18.8 Å². The van der Waals surface area contributed by atoms with Gasteiger partial charge in [0.05, 0.1) is 22.7 Å². The average Bonchev–Trinajstić information content (AvgIpc) is 3.35. The molecule has 0 unspecified atom stereocenters. The number of aliphatic hydroxyl groups is 1. The third kappa shape index (κ3) is 3.95. The number of urea groups is 1. The molecule has 0 spiro atoms. The number of aromatic nitrogens is 2. The minimum absolute atomic E-state index is 0.00203. The maximum atomic E-state index is 13.2. The van der Waals surface area contributed by atoms with Crippen LogP contribution in [0.5, 0.6) is 0 Å². The van der Waals surface area contributed by atoms with Crippen molar-refractivity contribution in [2.24, 2.45) is 0 Å². The molecule has 1 aromatic carbocycles. The highest BCUT2D eigenvalue weighted by atomic mass is 32.1. The summed E-state index contributed by atoms with van der Waals surface area (Å²) in [5.74, 6) is 0.988. The molecule has 10 heteroatoms. The highest BCUT2D eigenvalue weighted by molar-refractivity contribution is 7.16. The van der Waals surface area contributed by atoms with E-state index in [1.165, 1.54) is 23.5 Å². The monoisotopic (exact) mass is 457 g/mol. The summed E-state index contributed by atoms with van der Waals surface area (Å²) >= 11 is 1.46. The summed E-state index contributed by atoms with van der Waals surface area (Å²) in [5, 5.41) is 19.9. The second kappa shape index (κ2) is 8.18. The van der Waals surface area contributed by atoms with Crippen molar-refractivity contribution in [1.82, 2.24) is 15.5 Å². The molecule has 0 bridgehead atoms. The number of halogens is 1. The second-order valence-electron chi connectivity index (χ2n) is 8.44. The summed E-state index contributed by atoms with van der Waals surface area (Å²) in [6.07, 6.45) is 1.57. The van der Waals surface area contributed by atoms with Crippen molar-refractivity contribution in [3.63, 3.8) is 0 Å². The minimum atomic E-state index is -0.319. The number of hydrogen-bond acceptors (Lipinski definition) is 7. The van der Waals surface area contributed by atoms with E-state index in [9.17, 15) is 14.3 Å². The number of carbonyl (C=O) groups is 1. The third-order valence-corrected chi connectivity index (χ3v) is 7.23. The van der Waals surface area contributed by atoms with E-state index in [1.807, 2.05) is 6.07 Å². The van der Waals surface area contributed by atoms with Crippen LogP contribution in [0.25, 0.3) is 11.3 Å². The van der Waals surface area contributed by atoms with Crippen molar-refractivity contribution in [1.29, 1.82) is 0 Å². The van der Waals surface area contributed by atoms with Crippen molar-refractivity contribution >= 4 is 28.3 Å². The van der Waals surface area contributed by atoms with Gasteiger partial charge in [0, 0.05) is 30.1 Å². The molecule has 5 rings (SSSR count). The Morgan fingerprint density at radius 2 is 2.03 bits per heavy atom. The fourth-order valence-corrected chi connectivity index (χ4v) is 5.40. The topological polar surface area (TPSA) is 104 Å². The zero-order valence-corrected chi connectivity index (χ0v) is 18.5. The van der Waals surface area contributed by atoms with Crippen LogP contribution in [0.4, 0.5) is 20.1 Å². The number of benzene rings is 1. The van der Waals surface area contributed by atoms with Gasteiger partial charge in [-0.25, -0.2) is 14.2 Å². The van der Waals surface area contributed by atoms with E-state index < -0.39 is 0 Å². The SMILES string of the molecule is C[C@@H]1Cc2nc(NC(=O)N[C@H]3C[C@@H](O)C3)sc2[C@H](C)N1c1cc(-c2ccc(F)cc2)on1. The van der Waals surface area contributed by atoms with Gasteiger partial charge in [-0.2, -0.15) is 0 Å². The first-order valence-electron chi connectivity index (χ1n) is 10.6. The van der Waals surface area contributed by atoms with Crippen LogP contribution in [-0.2, 0) is 6.42 Å². The first-order chi connectivity index (χ1) is 15.4. The second-order valence-corrected chi connectivity index (χ2v) is 9.47. The molecule has 0 saturated heterocycles. The predicted molar refractivity (Wildman–Crippen MR) is 119 cm³/mol. The van der Waals surface area contributed by atoms with Gasteiger partial charge in [-0.1, -0.05) is 16.5 Å². The quantitative estimate of drug-likeness (QED) is 0.545. The van der Waals surface area contributed by atoms with Crippen LogP contribution in [0.3, 0.4) is 0 Å². The minimum Gasteiger partial charge on any atom is -0.393 e. The van der Waals surface area contributed by atoms with Gasteiger partial charge in [0.2, 0.25) is 0 Å². The molecular weight excluding hydrogens is 433 g/mol. The standard InChI is InChI=1S/C22H24FN5O3S/c1-11-7-17-20(32-22(25-17)26-21(30)24-15-8-16(29)9-15)12(2)28(11)19-10-18(31-27-19)13-3-5-14(23)6-4-13/h3-6,10-12,15-16,29H,7-9H2,1-2H3,(H2,24,25,26,30)/t11-,12+,15-,16+/m1/s1. The van der Waals surface area contributed by atoms with E-state index in [4.69, 9.17) is 4.52 Å². The van der Waals surface area contributed by atoms with Crippen LogP contribution in [0.1, 0.15) is 43.3 Å². The number of fused-ring (bicyclic) bond motifs is 1. The van der Waals surface area contributed by atoms with E-state index in [2.05, 4.69) is 39.5 Å². The maximum absolute atomic E-state index is 13.2. The number of thiazole rings is 1. The number of hydrogen-bond donors (Lipinski definition) is 3. The molecule has 2 atom stereocenters. The maximum Gasteiger partial charge on any atom is 0.321 e. The van der Waals surface area contributed by atoms with Gasteiger partial charge in [0.25, 0.3) is 0 Å². The number of nitrogens with one attached hydrogen (secondary N) is 2. The smallest absolute Gasteiger partial charge is 0.321 e. The Hall–Kier alpha value is -2.98. The molecule has 1 saturated carbocycles. The molecular formula is C22H24FN5O3S. The lowest BCUT2D eigenvalue weighted by Crippen LogP contribution is -2.48. The Labute approximate surface area is 188 Å². The van der Waals surface area contributed by atoms with Gasteiger partial charge in [0.1, 0.15) is 5.82 Å². The zero-order valence-electron chi connectivity index (χ0n) is 17.7. The van der Waals surface area contributed by atoms with Gasteiger partial charge < -0.3 is 19.8 Å². The van der Waals surface area contributed by atoms with Crippen molar-refractivity contribution in [3.8, 4) is 11.3 Å². The van der Waals surface area contributed by atoms with Crippen LogP contribution < -0.4 is 15.5 Å². The number of rotatable bonds is 4. The van der Waals surface area contributed by atoms with Gasteiger partial charge in [0.15, 0.2) is 16.7 Å². The Morgan fingerprint density at radius 1 is 1.28 bits per heavy atom. The van der Waals surface area contributed by atoms with E-state index in [1.54, 1.807) is 12.1 Å². The number of aliphatic hydroxyl groups excluding tert-OH is 1. The molecule has 0 radical (unpaired) electrons. The lowest BCUT2D eigenvalue weighted by atomic mass is 9.90. The van der Waals surface area contributed by atoms with Crippen LogP contribution >= 0.6 is 11.3 Å². The van der Waals surface area contributed by atoms with E-state index in [-0.39, 0.29) is 36.1 Å². The summed E-state index contributed by atoms with van der Waals surface area (Å²) in [7, 11) is 0. The number of amides is 2. The Morgan fingerprint density at radius 3 is 2.75 bits per heavy atom. The first kappa shape index (κ1) is 20.9. The molecule has 1 aliphatic heterocycles. The predicted octanol–water partition coefficient (Wildman–Crippen LogP) is 4.09. The fraction of sp³-hybridized carbons (Fsp3) is 0.409. The lowest BCUT2D eigenvalue weighted by Gasteiger charge is -2.37. The summed E-state index contributed by atoms with van der Waals surface area (Å²) in [4.78, 5) is 20.1. The van der Waals surface area contributed by atoms with E-state index in [0.717, 1.165) is 16.1 Å². The van der Waals surface area contributed by atoms with Gasteiger partial charge >= 0.3 is 6.03 Å². The van der Waals surface area contributed by atoms with Crippen molar-refractivity contribution in [2.75, 3.05) is 10.2 Å². The van der Waals surface area contributed by atoms with Crippen LogP contribution in [0.2, 0.25) is 0 Å². The first-order valence-corrected chi connectivity index (χ1v) is 11.4. The van der Waals surface area contributed by atoms with Crippen molar-refractivity contribution in [2.45, 2.75) is 57.3 Å². The van der Waals surface area contributed by atoms with Gasteiger partial charge in [-0.15, -0.1) is 0 Å². The van der Waals surface area contributed by atoms with Gasteiger partial charge in [-0.3, -0.25) is 5.32 Å². The molecule has 8 nitrogen and oxygen atoms in total. The molecule has 168 valence electrons. The molecule has 1 fully saturated rings. The summed E-state index contributed by atoms with van der Waals surface area (Å²) in [6.45, 7) is 4.19. The molecule has 3 heterocycles. The average molecular weight is 458 g/mol. The largest absolute Gasteiger partial charge is 0.393 e. The summed E-state index contributed by atoms with van der Waals surface area (Å²) in [6, 6.07) is 7.82. The molecule has 32 heavy (non-hydrogen) atoms. The summed E-state index contributed by atoms with van der Waals surface area (Å²) < 4.78 is 18.8. The summed E-state index contributed by atoms with van der Waals surface area (Å²) in [5.41, 5.74) is 1.74. The third-order valence-electron chi connectivity index (χ3n) is 6.05. The van der Waals surface area contributed by atoms with Gasteiger partial charge in [-0.05, 0) is 51.0 Å². The number of nitrogens with zero attached hydrogens (tertiary/aromatic N) is 3. The molecule has 2 aliphatic rings. The molecule has 2 amide bonds. The fourth-order valence-electron chi connectivity index (χ4n) is 4.36. The molecule has 1 aliphatic carbocycles. The van der Waals surface area contributed by atoms with Crippen LogP contribution in [-0.4, -0.2) is 39.5 Å². The Balaban J connectivity index is 1.31. The Kier molecular flexibility index (Phi) is 5.34. The van der Waals surface area contributed by atoms with Crippen LogP contribution in [0, 0.1) is 5.82 Å². The Bertz CT molecular complexity index is 1130. The van der Waals surface area contributed by atoms with E-state index in [0.29, 0.717) is 36.0 Å². The molecule has 3 aromatic rings. The zero-order chi connectivity index (χ0) is 22.4. The van der Waals surface area contributed by atoms with E-state index >= 15 is 0 Å². The number of carbonyl (C=O) groups excluding carboxylic acids is 1. The number of anilines is 2. The highest BCUT2D eigenvalue weighted by Gasteiger charge is 2.35. The molecule has 2 aromatic heterocycles. The van der Waals surface area contributed by atoms with Crippen LogP contribution in [0.15, 0.2) is 34.9 Å². The molecule has 3 N–H and O–H groups in total. The lowest BCUT2D eigenvalue weighted by molar-refractivity contribution is 0.0671. The van der Waals surface area contributed by atoms with Crippen molar-refractivity contribution in [3.05, 3.63) is 46.7 Å². The normalized spacial score (nSPS) is 24.6. The highest BCUT2D eigenvalue weighted by Crippen LogP contribution is 2.41.